The minimum atomic E-state index is -0.0887. The van der Waals surface area contributed by atoms with Crippen LogP contribution in [-0.2, 0) is 20.3 Å². The van der Waals surface area contributed by atoms with Crippen molar-refractivity contribution >= 4 is 17.1 Å². The molecule has 4 nitrogen and oxygen atoms in total. The second-order valence-corrected chi connectivity index (χ2v) is 12.5. The highest BCUT2D eigenvalue weighted by Crippen LogP contribution is 2.41. The van der Waals surface area contributed by atoms with Crippen molar-refractivity contribution in [2.45, 2.75) is 96.9 Å². The predicted octanol–water partition coefficient (Wildman–Crippen LogP) is 9.08. The number of para-hydroxylation sites is 2. The molecule has 4 heteroatoms. The van der Waals surface area contributed by atoms with Crippen LogP contribution < -0.4 is 4.90 Å². The first-order chi connectivity index (χ1) is 19.5. The molecule has 3 rings (SSSR count). The van der Waals surface area contributed by atoms with Crippen LogP contribution in [0.25, 0.3) is 0 Å². The van der Waals surface area contributed by atoms with E-state index >= 15 is 0 Å². The Morgan fingerprint density at radius 1 is 1.00 bits per heavy atom. The molecular formula is C37H53N2O2+. The zero-order valence-corrected chi connectivity index (χ0v) is 27.0. The maximum atomic E-state index is 5.74. The summed E-state index contributed by atoms with van der Waals surface area (Å²) in [7, 11) is 5.64. The second kappa shape index (κ2) is 14.3. The molecule has 0 aliphatic carbocycles. The molecule has 41 heavy (non-hydrogen) atoms. The quantitative estimate of drug-likeness (QED) is 0.0718. The maximum Gasteiger partial charge on any atom is 0.260 e. The van der Waals surface area contributed by atoms with Gasteiger partial charge in [0.1, 0.15) is 6.23 Å². The molecule has 0 aromatic heterocycles. The fourth-order valence-corrected chi connectivity index (χ4v) is 5.82. The van der Waals surface area contributed by atoms with Crippen molar-refractivity contribution in [2.24, 2.45) is 0 Å². The lowest BCUT2D eigenvalue weighted by atomic mass is 9.79. The van der Waals surface area contributed by atoms with E-state index in [2.05, 4.69) is 137 Å². The summed E-state index contributed by atoms with van der Waals surface area (Å²) >= 11 is 0. The summed E-state index contributed by atoms with van der Waals surface area (Å²) in [5, 5.41) is 0. The minimum Gasteiger partial charge on any atom is -0.362 e. The van der Waals surface area contributed by atoms with Crippen molar-refractivity contribution in [3.05, 3.63) is 96.1 Å². The van der Waals surface area contributed by atoms with Crippen molar-refractivity contribution in [3.8, 4) is 0 Å². The lowest BCUT2D eigenvalue weighted by Gasteiger charge is -2.33. The van der Waals surface area contributed by atoms with Crippen molar-refractivity contribution in [2.75, 3.05) is 26.2 Å². The first-order valence-electron chi connectivity index (χ1n) is 15.1. The Labute approximate surface area is 250 Å². The zero-order chi connectivity index (χ0) is 30.2. The summed E-state index contributed by atoms with van der Waals surface area (Å²) in [4.78, 5) is 2.22. The van der Waals surface area contributed by atoms with Gasteiger partial charge in [0.05, 0.1) is 5.41 Å². The molecule has 2 atom stereocenters. The maximum absolute atomic E-state index is 5.74. The molecule has 0 N–H and O–H groups in total. The average Bonchev–Trinajstić information content (AvgIpc) is 3.20. The molecule has 1 heterocycles. The Bertz CT molecular complexity index is 1270. The molecule has 0 radical (unpaired) electrons. The normalized spacial score (nSPS) is 16.4. The van der Waals surface area contributed by atoms with Crippen LogP contribution in [0.2, 0.25) is 0 Å². The Balaban J connectivity index is 1.53. The van der Waals surface area contributed by atoms with Crippen LogP contribution in [0.5, 0.6) is 0 Å². The highest BCUT2D eigenvalue weighted by Gasteiger charge is 2.45. The lowest BCUT2D eigenvalue weighted by Crippen LogP contribution is -2.33. The van der Waals surface area contributed by atoms with Gasteiger partial charge in [-0.25, -0.2) is 0 Å². The van der Waals surface area contributed by atoms with Gasteiger partial charge in [-0.1, -0.05) is 80.6 Å². The van der Waals surface area contributed by atoms with Crippen LogP contribution >= 0.6 is 0 Å². The Kier molecular flexibility index (Phi) is 11.3. The van der Waals surface area contributed by atoms with Crippen molar-refractivity contribution in [1.29, 1.82) is 0 Å². The lowest BCUT2D eigenvalue weighted by molar-refractivity contribution is -0.532. The van der Waals surface area contributed by atoms with Gasteiger partial charge in [0.2, 0.25) is 5.69 Å². The third kappa shape index (κ3) is 7.67. The van der Waals surface area contributed by atoms with Crippen molar-refractivity contribution in [3.63, 3.8) is 0 Å². The highest BCUT2D eigenvalue weighted by molar-refractivity contribution is 6.03. The van der Waals surface area contributed by atoms with Crippen LogP contribution in [0.1, 0.15) is 84.8 Å². The number of anilines is 1. The van der Waals surface area contributed by atoms with Crippen LogP contribution in [0.4, 0.5) is 11.4 Å². The summed E-state index contributed by atoms with van der Waals surface area (Å²) in [6, 6.07) is 17.4. The van der Waals surface area contributed by atoms with Gasteiger partial charge in [0.25, 0.3) is 6.23 Å². The number of nitrogens with zero attached hydrogens (tertiary/aromatic N) is 2. The standard InChI is InChI=1S/C37H53N2O2/c1-28(25-26-35-37(6,7)32-22-16-18-24-34(32)39(35)30(3)41-10)20-14-12-11-13-19-27-36(4,5)31-21-15-17-23-33(31)38(8)29(2)40-9/h11,13,15-18,21-26,29-30H,1,12,14,19-20,27H2,2-10H3/q+1. The predicted molar refractivity (Wildman–Crippen MR) is 176 cm³/mol. The van der Waals surface area contributed by atoms with Crippen molar-refractivity contribution < 1.29 is 14.0 Å². The van der Waals surface area contributed by atoms with E-state index in [0.29, 0.717) is 0 Å². The second-order valence-electron chi connectivity index (χ2n) is 12.5. The molecule has 2 aromatic carbocycles. The SMILES string of the molecule is C=C(C=CC1=[N+](C(C)OC)c2ccccc2C1(C)C)CCCC=CCCC(C)(C)c1ccccc1N(C)C(C)OC. The molecule has 2 aromatic rings. The molecule has 2 unspecified atom stereocenters. The fourth-order valence-electron chi connectivity index (χ4n) is 5.82. The Hall–Kier alpha value is -2.95. The van der Waals surface area contributed by atoms with E-state index in [9.17, 15) is 0 Å². The Morgan fingerprint density at radius 3 is 2.37 bits per heavy atom. The number of allylic oxidation sites excluding steroid dienone is 5. The summed E-state index contributed by atoms with van der Waals surface area (Å²) < 4.78 is 13.6. The van der Waals surface area contributed by atoms with E-state index in [-0.39, 0.29) is 23.3 Å². The number of benzene rings is 2. The van der Waals surface area contributed by atoms with Gasteiger partial charge in [-0.2, -0.15) is 4.58 Å². The van der Waals surface area contributed by atoms with E-state index in [4.69, 9.17) is 9.47 Å². The molecule has 0 bridgehead atoms. The smallest absolute Gasteiger partial charge is 0.260 e. The summed E-state index contributed by atoms with van der Waals surface area (Å²) in [5.74, 6) is 0. The molecule has 222 valence electrons. The van der Waals surface area contributed by atoms with Crippen LogP contribution in [0.3, 0.4) is 0 Å². The molecule has 0 saturated heterocycles. The number of unbranched alkanes of at least 4 members (excludes halogenated alkanes) is 1. The van der Waals surface area contributed by atoms with Gasteiger partial charge in [0.15, 0.2) is 5.71 Å². The molecule has 0 saturated carbocycles. The van der Waals surface area contributed by atoms with Crippen LogP contribution in [0.15, 0.2) is 85.0 Å². The van der Waals surface area contributed by atoms with Crippen LogP contribution in [-0.4, -0.2) is 44.0 Å². The van der Waals surface area contributed by atoms with E-state index in [1.54, 1.807) is 14.2 Å². The topological polar surface area (TPSA) is 24.7 Å². The van der Waals surface area contributed by atoms with Gasteiger partial charge in [-0.3, -0.25) is 0 Å². The van der Waals surface area contributed by atoms with Gasteiger partial charge >= 0.3 is 0 Å². The van der Waals surface area contributed by atoms with Gasteiger partial charge in [-0.05, 0) is 69.9 Å². The number of methoxy groups -OCH3 is 2. The van der Waals surface area contributed by atoms with Crippen molar-refractivity contribution in [1.82, 2.24) is 0 Å². The molecule has 0 spiro atoms. The number of hydrogen-bond acceptors (Lipinski definition) is 3. The van der Waals surface area contributed by atoms with Gasteiger partial charge in [0, 0.05) is 51.6 Å². The summed E-state index contributed by atoms with van der Waals surface area (Å²) in [6.07, 6.45) is 14.4. The number of rotatable bonds is 15. The van der Waals surface area contributed by atoms with Gasteiger partial charge in [-0.15, -0.1) is 0 Å². The van der Waals surface area contributed by atoms with Crippen LogP contribution in [0, 0.1) is 0 Å². The van der Waals surface area contributed by atoms with E-state index in [1.807, 2.05) is 0 Å². The first-order valence-corrected chi connectivity index (χ1v) is 15.1. The zero-order valence-electron chi connectivity index (χ0n) is 27.0. The molecule has 1 aliphatic rings. The number of fused-ring (bicyclic) bond motifs is 1. The Morgan fingerprint density at radius 2 is 1.66 bits per heavy atom. The average molecular weight is 558 g/mol. The van der Waals surface area contributed by atoms with Gasteiger partial charge < -0.3 is 14.4 Å². The third-order valence-electron chi connectivity index (χ3n) is 8.79. The molecule has 0 fully saturated rings. The molecular weight excluding hydrogens is 504 g/mol. The van der Waals surface area contributed by atoms with E-state index in [0.717, 1.165) is 37.7 Å². The first kappa shape index (κ1) is 32.6. The highest BCUT2D eigenvalue weighted by atomic mass is 16.5. The third-order valence-corrected chi connectivity index (χ3v) is 8.79. The largest absolute Gasteiger partial charge is 0.362 e. The summed E-state index contributed by atoms with van der Waals surface area (Å²) in [6.45, 7) is 17.8. The molecule has 0 amide bonds. The molecule has 1 aliphatic heterocycles. The number of ether oxygens (including phenoxy) is 2. The monoisotopic (exact) mass is 557 g/mol. The number of hydrogen-bond donors (Lipinski definition) is 0. The summed E-state index contributed by atoms with van der Waals surface area (Å²) in [5.41, 5.74) is 7.57. The van der Waals surface area contributed by atoms with E-state index in [1.165, 1.54) is 28.2 Å². The fraction of sp³-hybridized carbons (Fsp3) is 0.486. The van der Waals surface area contributed by atoms with E-state index < -0.39 is 0 Å². The minimum absolute atomic E-state index is 0.0313.